The number of hydrogen-bond acceptors (Lipinski definition) is 1. The van der Waals surface area contributed by atoms with Crippen LogP contribution in [0, 0.1) is 0 Å². The van der Waals surface area contributed by atoms with Crippen LogP contribution in [-0.4, -0.2) is 6.54 Å². The summed E-state index contributed by atoms with van der Waals surface area (Å²) in [6, 6.07) is 19.6. The van der Waals surface area contributed by atoms with E-state index in [1.54, 1.807) is 0 Å². The fraction of sp³-hybridized carbons (Fsp3) is 0.333. The van der Waals surface area contributed by atoms with Crippen molar-refractivity contribution in [2.75, 3.05) is 6.54 Å². The molecule has 0 radical (unpaired) electrons. The molecular formula is C18H22BrN. The molecule has 0 heterocycles. The lowest BCUT2D eigenvalue weighted by Gasteiger charge is -2.17. The molecule has 0 bridgehead atoms. The summed E-state index contributed by atoms with van der Waals surface area (Å²) in [7, 11) is 0. The van der Waals surface area contributed by atoms with Crippen LogP contribution in [0.1, 0.15) is 43.4 Å². The van der Waals surface area contributed by atoms with E-state index in [-0.39, 0.29) is 0 Å². The minimum Gasteiger partial charge on any atom is -0.310 e. The molecule has 2 rings (SSSR count). The Morgan fingerprint density at radius 3 is 2.35 bits per heavy atom. The van der Waals surface area contributed by atoms with E-state index in [0.717, 1.165) is 17.4 Å². The number of rotatable bonds is 6. The van der Waals surface area contributed by atoms with Crippen LogP contribution >= 0.6 is 15.9 Å². The third kappa shape index (κ3) is 4.46. The van der Waals surface area contributed by atoms with Crippen LogP contribution in [0.25, 0.3) is 0 Å². The van der Waals surface area contributed by atoms with Crippen LogP contribution in [0.3, 0.4) is 0 Å². The SMILES string of the molecule is CC(CCNC(C)c1cccc(Br)c1)c1ccccc1. The van der Waals surface area contributed by atoms with Crippen molar-refractivity contribution in [2.24, 2.45) is 0 Å². The molecule has 2 aromatic carbocycles. The fourth-order valence-electron chi connectivity index (χ4n) is 2.36. The molecule has 20 heavy (non-hydrogen) atoms. The number of halogens is 1. The van der Waals surface area contributed by atoms with Gasteiger partial charge in [0.2, 0.25) is 0 Å². The molecule has 0 aliphatic heterocycles. The second-order valence-electron chi connectivity index (χ2n) is 5.33. The van der Waals surface area contributed by atoms with Gasteiger partial charge >= 0.3 is 0 Å². The first-order valence-corrected chi connectivity index (χ1v) is 8.00. The molecule has 0 aliphatic rings. The highest BCUT2D eigenvalue weighted by Crippen LogP contribution is 2.20. The van der Waals surface area contributed by atoms with E-state index in [2.05, 4.69) is 89.7 Å². The highest BCUT2D eigenvalue weighted by Gasteiger charge is 2.07. The van der Waals surface area contributed by atoms with Gasteiger partial charge < -0.3 is 5.32 Å². The number of benzene rings is 2. The van der Waals surface area contributed by atoms with Crippen LogP contribution in [0.15, 0.2) is 59.1 Å². The highest BCUT2D eigenvalue weighted by atomic mass is 79.9. The van der Waals surface area contributed by atoms with Gasteiger partial charge in [-0.05, 0) is 49.1 Å². The van der Waals surface area contributed by atoms with E-state index in [1.165, 1.54) is 11.1 Å². The largest absolute Gasteiger partial charge is 0.310 e. The summed E-state index contributed by atoms with van der Waals surface area (Å²) in [5, 5.41) is 3.61. The Bertz CT molecular complexity index is 524. The summed E-state index contributed by atoms with van der Waals surface area (Å²) in [6.45, 7) is 5.54. The lowest BCUT2D eigenvalue weighted by atomic mass is 9.98. The van der Waals surface area contributed by atoms with Crippen molar-refractivity contribution in [3.63, 3.8) is 0 Å². The fourth-order valence-corrected chi connectivity index (χ4v) is 2.78. The number of hydrogen-bond donors (Lipinski definition) is 1. The van der Waals surface area contributed by atoms with Crippen molar-refractivity contribution in [1.29, 1.82) is 0 Å². The molecule has 0 aliphatic carbocycles. The molecule has 0 saturated heterocycles. The van der Waals surface area contributed by atoms with Crippen LogP contribution in [0.4, 0.5) is 0 Å². The predicted molar refractivity (Wildman–Crippen MR) is 90.0 cm³/mol. The zero-order valence-corrected chi connectivity index (χ0v) is 13.7. The maximum Gasteiger partial charge on any atom is 0.0292 e. The summed E-state index contributed by atoms with van der Waals surface area (Å²) in [5.41, 5.74) is 2.75. The lowest BCUT2D eigenvalue weighted by molar-refractivity contribution is 0.531. The van der Waals surface area contributed by atoms with E-state index in [0.29, 0.717) is 12.0 Å². The minimum absolute atomic E-state index is 0.385. The normalized spacial score (nSPS) is 13.9. The first kappa shape index (κ1) is 15.3. The molecule has 0 saturated carbocycles. The van der Waals surface area contributed by atoms with Gasteiger partial charge in [0, 0.05) is 10.5 Å². The topological polar surface area (TPSA) is 12.0 Å². The van der Waals surface area contributed by atoms with E-state index >= 15 is 0 Å². The monoisotopic (exact) mass is 331 g/mol. The van der Waals surface area contributed by atoms with Gasteiger partial charge in [-0.3, -0.25) is 0 Å². The Balaban J connectivity index is 1.81. The van der Waals surface area contributed by atoms with Crippen LogP contribution in [0.5, 0.6) is 0 Å². The zero-order valence-electron chi connectivity index (χ0n) is 12.1. The maximum absolute atomic E-state index is 3.61. The van der Waals surface area contributed by atoms with Gasteiger partial charge in [-0.1, -0.05) is 65.3 Å². The minimum atomic E-state index is 0.385. The average molecular weight is 332 g/mol. The van der Waals surface area contributed by atoms with E-state index in [9.17, 15) is 0 Å². The van der Waals surface area contributed by atoms with Gasteiger partial charge in [0.05, 0.1) is 0 Å². The smallest absolute Gasteiger partial charge is 0.0292 e. The molecule has 1 N–H and O–H groups in total. The zero-order chi connectivity index (χ0) is 14.4. The first-order chi connectivity index (χ1) is 9.66. The molecule has 0 aromatic heterocycles. The van der Waals surface area contributed by atoms with Crippen LogP contribution in [-0.2, 0) is 0 Å². The first-order valence-electron chi connectivity index (χ1n) is 7.20. The highest BCUT2D eigenvalue weighted by molar-refractivity contribution is 9.10. The Hall–Kier alpha value is -1.12. The van der Waals surface area contributed by atoms with Gasteiger partial charge in [-0.15, -0.1) is 0 Å². The van der Waals surface area contributed by atoms with Gasteiger partial charge in [-0.2, -0.15) is 0 Å². The molecule has 2 aromatic rings. The lowest BCUT2D eigenvalue weighted by Crippen LogP contribution is -2.21. The molecule has 0 spiro atoms. The molecule has 0 fully saturated rings. The van der Waals surface area contributed by atoms with Crippen molar-refractivity contribution in [2.45, 2.75) is 32.2 Å². The van der Waals surface area contributed by atoms with Gasteiger partial charge in [-0.25, -0.2) is 0 Å². The van der Waals surface area contributed by atoms with Gasteiger partial charge in [0.15, 0.2) is 0 Å². The Morgan fingerprint density at radius 1 is 0.950 bits per heavy atom. The van der Waals surface area contributed by atoms with Crippen molar-refractivity contribution in [3.05, 3.63) is 70.2 Å². The second-order valence-corrected chi connectivity index (χ2v) is 6.25. The van der Waals surface area contributed by atoms with Crippen molar-refractivity contribution in [1.82, 2.24) is 5.32 Å². The van der Waals surface area contributed by atoms with Crippen LogP contribution in [0.2, 0.25) is 0 Å². The van der Waals surface area contributed by atoms with Crippen molar-refractivity contribution in [3.8, 4) is 0 Å². The summed E-state index contributed by atoms with van der Waals surface area (Å²) >= 11 is 3.52. The van der Waals surface area contributed by atoms with E-state index in [1.807, 2.05) is 0 Å². The quantitative estimate of drug-likeness (QED) is 0.757. The van der Waals surface area contributed by atoms with Crippen LogP contribution < -0.4 is 5.32 Å². The summed E-state index contributed by atoms with van der Waals surface area (Å²) in [4.78, 5) is 0. The third-order valence-electron chi connectivity index (χ3n) is 3.75. The van der Waals surface area contributed by atoms with Crippen molar-refractivity contribution >= 4 is 15.9 Å². The summed E-state index contributed by atoms with van der Waals surface area (Å²) in [5.74, 6) is 0.596. The second kappa shape index (κ2) is 7.61. The molecule has 2 unspecified atom stereocenters. The summed E-state index contributed by atoms with van der Waals surface area (Å²) in [6.07, 6.45) is 1.16. The predicted octanol–water partition coefficient (Wildman–Crippen LogP) is 5.29. The Morgan fingerprint density at radius 2 is 1.65 bits per heavy atom. The average Bonchev–Trinajstić information content (AvgIpc) is 2.48. The third-order valence-corrected chi connectivity index (χ3v) is 4.24. The molecule has 0 amide bonds. The van der Waals surface area contributed by atoms with Gasteiger partial charge in [0.1, 0.15) is 0 Å². The van der Waals surface area contributed by atoms with E-state index in [4.69, 9.17) is 0 Å². The molecule has 1 nitrogen and oxygen atoms in total. The van der Waals surface area contributed by atoms with Gasteiger partial charge in [0.25, 0.3) is 0 Å². The summed E-state index contributed by atoms with van der Waals surface area (Å²) < 4.78 is 1.14. The molecule has 106 valence electrons. The van der Waals surface area contributed by atoms with Crippen molar-refractivity contribution < 1.29 is 0 Å². The molecular weight excluding hydrogens is 310 g/mol. The van der Waals surface area contributed by atoms with E-state index < -0.39 is 0 Å². The standard InChI is InChI=1S/C18H22BrN/c1-14(16-7-4-3-5-8-16)11-12-20-15(2)17-9-6-10-18(19)13-17/h3-10,13-15,20H,11-12H2,1-2H3. The maximum atomic E-state index is 3.61. The Kier molecular flexibility index (Phi) is 5.81. The number of nitrogens with one attached hydrogen (secondary N) is 1. The molecule has 2 heteroatoms. The molecule has 2 atom stereocenters. The Labute approximate surface area is 130 Å².